The van der Waals surface area contributed by atoms with Crippen LogP contribution in [-0.2, 0) is 6.42 Å². The van der Waals surface area contributed by atoms with E-state index < -0.39 is 6.89 Å². The molecular formula is C24H27P. The third kappa shape index (κ3) is 3.80. The first-order valence-electron chi connectivity index (χ1n) is 9.20. The third-order valence-corrected chi connectivity index (χ3v) is 8.46. The zero-order valence-corrected chi connectivity index (χ0v) is 16.0. The molecule has 0 amide bonds. The van der Waals surface area contributed by atoms with E-state index in [0.29, 0.717) is 0 Å². The molecule has 3 aromatic rings. The second-order valence-corrected chi connectivity index (χ2v) is 9.70. The molecule has 0 bridgehead atoms. The van der Waals surface area contributed by atoms with E-state index in [0.717, 1.165) is 6.42 Å². The molecule has 25 heavy (non-hydrogen) atoms. The maximum atomic E-state index is 4.88. The lowest BCUT2D eigenvalue weighted by Crippen LogP contribution is -2.27. The molecule has 0 saturated heterocycles. The number of hydrogen-bond acceptors (Lipinski definition) is 0. The van der Waals surface area contributed by atoms with Gasteiger partial charge in [-0.3, -0.25) is 0 Å². The summed E-state index contributed by atoms with van der Waals surface area (Å²) in [5.41, 5.74) is 1.46. The van der Waals surface area contributed by atoms with Crippen molar-refractivity contribution < 1.29 is 0 Å². The van der Waals surface area contributed by atoms with Crippen LogP contribution in [0.5, 0.6) is 0 Å². The minimum absolute atomic E-state index is 1.14. The van der Waals surface area contributed by atoms with Gasteiger partial charge in [-0.1, -0.05) is 111 Å². The number of unbranched alkanes of at least 4 members (excludes halogenated alkanes) is 2. The molecule has 0 spiro atoms. The van der Waals surface area contributed by atoms with Crippen molar-refractivity contribution in [3.63, 3.8) is 0 Å². The Hall–Kier alpha value is -2.04. The van der Waals surface area contributed by atoms with Crippen molar-refractivity contribution in [3.8, 4) is 0 Å². The highest BCUT2D eigenvalue weighted by molar-refractivity contribution is 7.93. The van der Waals surface area contributed by atoms with Crippen LogP contribution in [0, 0.1) is 0 Å². The average Bonchev–Trinajstić information content (AvgIpc) is 2.69. The molecule has 0 aliphatic rings. The van der Waals surface area contributed by atoms with Crippen molar-refractivity contribution in [2.75, 3.05) is 0 Å². The summed E-state index contributed by atoms with van der Waals surface area (Å²) >= 11 is 0. The van der Waals surface area contributed by atoms with Crippen molar-refractivity contribution in [1.29, 1.82) is 0 Å². The van der Waals surface area contributed by atoms with Crippen LogP contribution in [0.15, 0.2) is 84.9 Å². The molecule has 3 aromatic carbocycles. The Bertz CT molecular complexity index is 791. The molecule has 0 aliphatic carbocycles. The predicted octanol–water partition coefficient (Wildman–Crippen LogP) is 5.15. The molecule has 0 heterocycles. The smallest absolute Gasteiger partial charge is 0.0134 e. The zero-order valence-electron chi connectivity index (χ0n) is 15.1. The Morgan fingerprint density at radius 3 is 1.76 bits per heavy atom. The number of benzene rings is 3. The summed E-state index contributed by atoms with van der Waals surface area (Å²) in [6.07, 6.45) is 9.81. The highest BCUT2D eigenvalue weighted by atomic mass is 31.2. The number of aryl methyl sites for hydroxylation is 1. The molecule has 0 N–H and O–H groups in total. The lowest BCUT2D eigenvalue weighted by atomic mass is 10.1. The van der Waals surface area contributed by atoms with E-state index in [1.165, 1.54) is 40.7 Å². The quantitative estimate of drug-likeness (QED) is 0.410. The van der Waals surface area contributed by atoms with Crippen molar-refractivity contribution in [2.45, 2.75) is 32.6 Å². The molecule has 128 valence electrons. The van der Waals surface area contributed by atoms with Gasteiger partial charge in [0.1, 0.15) is 0 Å². The first-order valence-corrected chi connectivity index (χ1v) is 11.2. The molecule has 1 heteroatoms. The largest absolute Gasteiger partial charge is 0.0887 e. The normalized spacial score (nSPS) is 11.4. The summed E-state index contributed by atoms with van der Waals surface area (Å²) in [6.45, 7) is 0.400. The molecule has 0 nitrogen and oxygen atoms in total. The molecule has 0 aliphatic heterocycles. The van der Waals surface area contributed by atoms with Crippen molar-refractivity contribution in [3.05, 3.63) is 90.5 Å². The summed E-state index contributed by atoms with van der Waals surface area (Å²) in [7, 11) is 0. The Morgan fingerprint density at radius 1 is 0.680 bits per heavy atom. The van der Waals surface area contributed by atoms with Crippen LogP contribution in [0.25, 0.3) is 0 Å². The molecular weight excluding hydrogens is 319 g/mol. The predicted molar refractivity (Wildman–Crippen MR) is 115 cm³/mol. The monoisotopic (exact) mass is 346 g/mol. The van der Waals surface area contributed by atoms with Crippen LogP contribution in [0.3, 0.4) is 0 Å². The lowest BCUT2D eigenvalue weighted by molar-refractivity contribution is 0.719. The van der Waals surface area contributed by atoms with Gasteiger partial charge in [-0.05, 0) is 41.2 Å². The van der Waals surface area contributed by atoms with Gasteiger partial charge in [-0.15, -0.1) is 0 Å². The zero-order chi connectivity index (χ0) is 17.5. The van der Waals surface area contributed by atoms with Gasteiger partial charge < -0.3 is 0 Å². The van der Waals surface area contributed by atoms with Gasteiger partial charge in [0.15, 0.2) is 0 Å². The van der Waals surface area contributed by atoms with Crippen LogP contribution in [0.2, 0.25) is 0 Å². The van der Waals surface area contributed by atoms with Crippen LogP contribution in [0.1, 0.15) is 31.7 Å². The van der Waals surface area contributed by atoms with E-state index in [1.807, 2.05) is 0 Å². The topological polar surface area (TPSA) is 0 Å². The standard InChI is InChI=1S/C24H27P/c1-3-4-7-14-21-15-12-13-20-24(21)25(2,22-16-8-5-9-17-22)23-18-10-6-11-19-23/h5-6,8-13,15-20H,2-4,7,14H2,1H3. The Morgan fingerprint density at radius 2 is 1.20 bits per heavy atom. The van der Waals surface area contributed by atoms with Crippen LogP contribution in [0.4, 0.5) is 0 Å². The van der Waals surface area contributed by atoms with E-state index in [9.17, 15) is 0 Å². The van der Waals surface area contributed by atoms with E-state index in [-0.39, 0.29) is 0 Å². The molecule has 0 aromatic heterocycles. The average molecular weight is 346 g/mol. The van der Waals surface area contributed by atoms with Gasteiger partial charge in [-0.2, -0.15) is 0 Å². The van der Waals surface area contributed by atoms with Gasteiger partial charge in [0, 0.05) is 0 Å². The second kappa shape index (κ2) is 8.37. The van der Waals surface area contributed by atoms with E-state index >= 15 is 0 Å². The maximum Gasteiger partial charge on any atom is -0.0134 e. The maximum absolute atomic E-state index is 4.88. The van der Waals surface area contributed by atoms with Crippen molar-refractivity contribution in [2.24, 2.45) is 0 Å². The molecule has 0 fully saturated rings. The van der Waals surface area contributed by atoms with Gasteiger partial charge in [0.2, 0.25) is 0 Å². The van der Waals surface area contributed by atoms with Crippen LogP contribution in [-0.4, -0.2) is 6.30 Å². The summed E-state index contributed by atoms with van der Waals surface area (Å²) in [5, 5.41) is 4.14. The van der Waals surface area contributed by atoms with E-state index in [4.69, 9.17) is 6.30 Å². The first-order chi connectivity index (χ1) is 12.3. The fourth-order valence-corrected chi connectivity index (χ4v) is 6.69. The molecule has 0 saturated carbocycles. The summed E-state index contributed by atoms with van der Waals surface area (Å²) in [5.74, 6) is 0. The highest BCUT2D eigenvalue weighted by Gasteiger charge is 2.24. The van der Waals surface area contributed by atoms with Crippen molar-refractivity contribution in [1.82, 2.24) is 0 Å². The number of rotatable bonds is 7. The highest BCUT2D eigenvalue weighted by Crippen LogP contribution is 2.42. The lowest BCUT2D eigenvalue weighted by Gasteiger charge is -2.29. The van der Waals surface area contributed by atoms with Crippen LogP contribution < -0.4 is 15.9 Å². The van der Waals surface area contributed by atoms with E-state index in [2.05, 4.69) is 91.9 Å². The summed E-state index contributed by atoms with van der Waals surface area (Å²) in [6, 6.07) is 30.7. The Kier molecular flexibility index (Phi) is 5.95. The third-order valence-electron chi connectivity index (χ3n) is 4.85. The SMILES string of the molecule is C=P(c1ccccc1)(c1ccccc1)c1ccccc1CCCCC. The first kappa shape index (κ1) is 17.8. The summed E-state index contributed by atoms with van der Waals surface area (Å²) in [4.78, 5) is 0. The summed E-state index contributed by atoms with van der Waals surface area (Å²) < 4.78 is 0. The fraction of sp³-hybridized carbons (Fsp3) is 0.208. The van der Waals surface area contributed by atoms with Crippen molar-refractivity contribution >= 4 is 29.1 Å². The van der Waals surface area contributed by atoms with Gasteiger partial charge in [-0.25, -0.2) is 0 Å². The Balaban J connectivity index is 2.16. The van der Waals surface area contributed by atoms with E-state index in [1.54, 1.807) is 0 Å². The van der Waals surface area contributed by atoms with Gasteiger partial charge in [0.25, 0.3) is 0 Å². The molecule has 3 rings (SSSR count). The second-order valence-electron chi connectivity index (χ2n) is 6.57. The fourth-order valence-electron chi connectivity index (χ4n) is 3.45. The van der Waals surface area contributed by atoms with Gasteiger partial charge >= 0.3 is 0 Å². The Labute approximate surface area is 152 Å². The minimum atomic E-state index is -1.86. The molecule has 0 unspecified atom stereocenters. The number of hydrogen-bond donors (Lipinski definition) is 0. The molecule has 0 atom stereocenters. The van der Waals surface area contributed by atoms with Crippen LogP contribution >= 0.6 is 6.89 Å². The minimum Gasteiger partial charge on any atom is -0.0887 e. The molecule has 0 radical (unpaired) electrons. The van der Waals surface area contributed by atoms with Gasteiger partial charge in [0.05, 0.1) is 0 Å².